The van der Waals surface area contributed by atoms with Gasteiger partial charge in [0.05, 0.1) is 5.92 Å². The molecule has 0 aromatic carbocycles. The average Bonchev–Trinajstić information content (AvgIpc) is 2.90. The molecular formula is C15H20N2O2. The molecule has 3 saturated heterocycles. The summed E-state index contributed by atoms with van der Waals surface area (Å²) in [6.45, 7) is 17.4. The zero-order valence-electron chi connectivity index (χ0n) is 11.5. The lowest BCUT2D eigenvalue weighted by atomic mass is 9.87. The Bertz CT molecular complexity index is 494. The van der Waals surface area contributed by atoms with Gasteiger partial charge in [-0.15, -0.1) is 0 Å². The van der Waals surface area contributed by atoms with Crippen LogP contribution in [-0.2, 0) is 9.53 Å². The molecule has 0 radical (unpaired) electrons. The van der Waals surface area contributed by atoms with Gasteiger partial charge in [-0.25, -0.2) is 0 Å². The largest absolute Gasteiger partial charge is 0.361 e. The Morgan fingerprint density at radius 3 is 2.53 bits per heavy atom. The SMILES string of the molecule is C=C1NC(=O)C2C1OC1C(=C)N(CC(C)C)C(=C)C12. The highest BCUT2D eigenvalue weighted by Gasteiger charge is 2.59. The molecule has 4 nitrogen and oxygen atoms in total. The lowest BCUT2D eigenvalue weighted by Gasteiger charge is -2.26. The molecule has 3 aliphatic rings. The number of ether oxygens (including phenoxy) is 1. The summed E-state index contributed by atoms with van der Waals surface area (Å²) in [5, 5.41) is 2.77. The quantitative estimate of drug-likeness (QED) is 0.820. The number of rotatable bonds is 2. The van der Waals surface area contributed by atoms with Crippen molar-refractivity contribution in [1.29, 1.82) is 0 Å². The van der Waals surface area contributed by atoms with Gasteiger partial charge in [0.2, 0.25) is 5.91 Å². The molecule has 3 rings (SSSR count). The first-order valence-corrected chi connectivity index (χ1v) is 6.72. The molecular weight excluding hydrogens is 240 g/mol. The molecule has 3 aliphatic heterocycles. The number of carbonyl (C=O) groups is 1. The smallest absolute Gasteiger partial charge is 0.231 e. The molecule has 0 aromatic heterocycles. The lowest BCUT2D eigenvalue weighted by Crippen LogP contribution is -2.28. The highest BCUT2D eigenvalue weighted by Crippen LogP contribution is 2.51. The molecule has 4 unspecified atom stereocenters. The van der Waals surface area contributed by atoms with Crippen molar-refractivity contribution < 1.29 is 9.53 Å². The summed E-state index contributed by atoms with van der Waals surface area (Å²) >= 11 is 0. The fourth-order valence-corrected chi connectivity index (χ4v) is 3.40. The molecule has 1 amide bonds. The van der Waals surface area contributed by atoms with E-state index >= 15 is 0 Å². The van der Waals surface area contributed by atoms with Crippen LogP contribution in [-0.4, -0.2) is 29.6 Å². The van der Waals surface area contributed by atoms with Gasteiger partial charge in [-0.05, 0) is 5.92 Å². The number of fused-ring (bicyclic) bond motifs is 3. The van der Waals surface area contributed by atoms with Gasteiger partial charge in [-0.1, -0.05) is 33.6 Å². The van der Waals surface area contributed by atoms with Crippen molar-refractivity contribution in [1.82, 2.24) is 10.2 Å². The minimum atomic E-state index is -0.225. The van der Waals surface area contributed by atoms with Gasteiger partial charge < -0.3 is 15.0 Å². The van der Waals surface area contributed by atoms with Gasteiger partial charge in [-0.3, -0.25) is 4.79 Å². The zero-order chi connectivity index (χ0) is 13.9. The van der Waals surface area contributed by atoms with Crippen LogP contribution >= 0.6 is 0 Å². The predicted octanol–water partition coefficient (Wildman–Crippen LogP) is 1.63. The number of nitrogens with one attached hydrogen (secondary N) is 1. The number of hydrogen-bond donors (Lipinski definition) is 1. The Hall–Kier alpha value is -1.55. The highest BCUT2D eigenvalue weighted by molar-refractivity contribution is 5.86. The van der Waals surface area contributed by atoms with E-state index in [9.17, 15) is 4.79 Å². The summed E-state index contributed by atoms with van der Waals surface area (Å²) < 4.78 is 6.00. The van der Waals surface area contributed by atoms with E-state index in [0.29, 0.717) is 11.6 Å². The van der Waals surface area contributed by atoms with E-state index in [2.05, 4.69) is 43.8 Å². The van der Waals surface area contributed by atoms with Crippen molar-refractivity contribution in [3.63, 3.8) is 0 Å². The first-order valence-electron chi connectivity index (χ1n) is 6.72. The number of carbonyl (C=O) groups excluding carboxylic acids is 1. The molecule has 0 bridgehead atoms. The second kappa shape index (κ2) is 3.97. The maximum absolute atomic E-state index is 12.0. The third kappa shape index (κ3) is 1.59. The minimum absolute atomic E-state index is 0.00264. The summed E-state index contributed by atoms with van der Waals surface area (Å²) in [5.74, 6) is 0.327. The highest BCUT2D eigenvalue weighted by atomic mass is 16.5. The fraction of sp³-hybridized carbons (Fsp3) is 0.533. The Balaban J connectivity index is 1.90. The van der Waals surface area contributed by atoms with Crippen LogP contribution in [0.3, 0.4) is 0 Å². The van der Waals surface area contributed by atoms with Crippen molar-refractivity contribution in [2.45, 2.75) is 26.1 Å². The molecule has 0 saturated carbocycles. The van der Waals surface area contributed by atoms with Crippen LogP contribution in [0.15, 0.2) is 36.8 Å². The van der Waals surface area contributed by atoms with E-state index in [-0.39, 0.29) is 30.0 Å². The second-order valence-electron chi connectivity index (χ2n) is 6.03. The minimum Gasteiger partial charge on any atom is -0.361 e. The van der Waals surface area contributed by atoms with Crippen LogP contribution in [0.1, 0.15) is 13.8 Å². The normalized spacial score (nSPS) is 37.1. The maximum atomic E-state index is 12.0. The van der Waals surface area contributed by atoms with E-state index in [1.165, 1.54) is 0 Å². The molecule has 0 aliphatic carbocycles. The Kier molecular flexibility index (Phi) is 2.61. The monoisotopic (exact) mass is 260 g/mol. The molecule has 3 heterocycles. The Labute approximate surface area is 113 Å². The predicted molar refractivity (Wildman–Crippen MR) is 72.7 cm³/mol. The van der Waals surface area contributed by atoms with E-state index < -0.39 is 0 Å². The fourth-order valence-electron chi connectivity index (χ4n) is 3.40. The van der Waals surface area contributed by atoms with Gasteiger partial charge in [0.15, 0.2) is 0 Å². The van der Waals surface area contributed by atoms with Crippen molar-refractivity contribution >= 4 is 5.91 Å². The first kappa shape index (κ1) is 12.5. The van der Waals surface area contributed by atoms with Crippen LogP contribution in [0, 0.1) is 17.8 Å². The van der Waals surface area contributed by atoms with Crippen LogP contribution in [0.2, 0.25) is 0 Å². The van der Waals surface area contributed by atoms with Crippen LogP contribution < -0.4 is 5.32 Å². The number of likely N-dealkylation sites (tertiary alicyclic amines) is 1. The lowest BCUT2D eigenvalue weighted by molar-refractivity contribution is -0.123. The Morgan fingerprint density at radius 1 is 1.21 bits per heavy atom. The first-order chi connectivity index (χ1) is 8.91. The topological polar surface area (TPSA) is 41.6 Å². The zero-order valence-corrected chi connectivity index (χ0v) is 11.5. The molecule has 3 fully saturated rings. The van der Waals surface area contributed by atoms with Crippen LogP contribution in [0.4, 0.5) is 0 Å². The van der Waals surface area contributed by atoms with E-state index in [4.69, 9.17) is 4.74 Å². The third-order valence-corrected chi connectivity index (χ3v) is 4.22. The maximum Gasteiger partial charge on any atom is 0.231 e. The second-order valence-corrected chi connectivity index (χ2v) is 6.03. The third-order valence-electron chi connectivity index (χ3n) is 4.22. The van der Waals surface area contributed by atoms with Crippen molar-refractivity contribution in [3.8, 4) is 0 Å². The summed E-state index contributed by atoms with van der Waals surface area (Å²) in [7, 11) is 0. The summed E-state index contributed by atoms with van der Waals surface area (Å²) in [5.41, 5.74) is 2.56. The van der Waals surface area contributed by atoms with Gasteiger partial charge in [-0.2, -0.15) is 0 Å². The summed E-state index contributed by atoms with van der Waals surface area (Å²) in [6, 6.07) is 0. The van der Waals surface area contributed by atoms with Gasteiger partial charge >= 0.3 is 0 Å². The molecule has 1 N–H and O–H groups in total. The van der Waals surface area contributed by atoms with Gasteiger partial charge in [0, 0.05) is 29.6 Å². The van der Waals surface area contributed by atoms with Gasteiger partial charge in [0.1, 0.15) is 12.2 Å². The number of hydrogen-bond acceptors (Lipinski definition) is 3. The van der Waals surface area contributed by atoms with Crippen LogP contribution in [0.25, 0.3) is 0 Å². The molecule has 4 atom stereocenters. The van der Waals surface area contributed by atoms with E-state index in [1.54, 1.807) is 0 Å². The van der Waals surface area contributed by atoms with Crippen molar-refractivity contribution in [3.05, 3.63) is 36.8 Å². The van der Waals surface area contributed by atoms with Crippen LogP contribution in [0.5, 0.6) is 0 Å². The standard InChI is InChI=1S/C15H20N2O2/c1-7(2)6-17-9(4)11-12-13(8(3)16-15(12)18)19-14(11)10(17)5/h7,11-14H,3-6H2,1-2H3,(H,16,18). The average molecular weight is 260 g/mol. The van der Waals surface area contributed by atoms with E-state index in [0.717, 1.165) is 17.9 Å². The molecule has 4 heteroatoms. The Morgan fingerprint density at radius 2 is 1.89 bits per heavy atom. The molecule has 0 aromatic rings. The van der Waals surface area contributed by atoms with E-state index in [1.807, 2.05) is 0 Å². The summed E-state index contributed by atoms with van der Waals surface area (Å²) in [4.78, 5) is 14.2. The summed E-state index contributed by atoms with van der Waals surface area (Å²) in [6.07, 6.45) is -0.346. The number of amides is 1. The van der Waals surface area contributed by atoms with Crippen molar-refractivity contribution in [2.75, 3.05) is 6.54 Å². The molecule has 19 heavy (non-hydrogen) atoms. The number of nitrogens with zero attached hydrogens (tertiary/aromatic N) is 1. The molecule has 0 spiro atoms. The van der Waals surface area contributed by atoms with Gasteiger partial charge in [0.25, 0.3) is 0 Å². The molecule has 102 valence electrons. The van der Waals surface area contributed by atoms with Crippen molar-refractivity contribution in [2.24, 2.45) is 17.8 Å².